The monoisotopic (exact) mass is 396 g/mol. The molecule has 0 saturated carbocycles. The van der Waals surface area contributed by atoms with E-state index in [0.717, 1.165) is 24.6 Å². The van der Waals surface area contributed by atoms with Crippen LogP contribution in [-0.4, -0.2) is 32.2 Å². The average Bonchev–Trinajstić information content (AvgIpc) is 2.74. The molecule has 1 amide bonds. The number of hydrogen-bond donors (Lipinski definition) is 1. The van der Waals surface area contributed by atoms with Crippen molar-refractivity contribution in [1.82, 2.24) is 5.32 Å². The molecule has 156 valence electrons. The zero-order valence-corrected chi connectivity index (χ0v) is 17.9. The molecule has 29 heavy (non-hydrogen) atoms. The summed E-state index contributed by atoms with van der Waals surface area (Å²) in [6.07, 6.45) is 1.87. The maximum atomic E-state index is 12.6. The quantitative estimate of drug-likeness (QED) is 0.744. The van der Waals surface area contributed by atoms with Crippen LogP contribution in [0.5, 0.6) is 11.5 Å². The number of piperidine rings is 1. The fourth-order valence-corrected chi connectivity index (χ4v) is 3.61. The van der Waals surface area contributed by atoms with Crippen LogP contribution >= 0.6 is 0 Å². The third kappa shape index (κ3) is 5.43. The summed E-state index contributed by atoms with van der Waals surface area (Å²) in [5.74, 6) is 1.84. The lowest BCUT2D eigenvalue weighted by molar-refractivity contribution is -0.127. The number of hydrogen-bond acceptors (Lipinski definition) is 4. The Morgan fingerprint density at radius 3 is 2.28 bits per heavy atom. The smallest absolute Gasteiger partial charge is 0.261 e. The third-order valence-corrected chi connectivity index (χ3v) is 5.64. The minimum atomic E-state index is -0.622. The van der Waals surface area contributed by atoms with Gasteiger partial charge in [-0.25, -0.2) is 0 Å². The van der Waals surface area contributed by atoms with Gasteiger partial charge in [0.2, 0.25) is 0 Å². The predicted octanol–water partition coefficient (Wildman–Crippen LogP) is 4.58. The van der Waals surface area contributed by atoms with E-state index in [9.17, 15) is 4.79 Å². The Morgan fingerprint density at radius 2 is 1.66 bits per heavy atom. The number of carbonyl (C=O) groups is 1. The number of nitrogens with zero attached hydrogens (tertiary/aromatic N) is 1. The Balaban J connectivity index is 1.56. The molecule has 1 fully saturated rings. The Hall–Kier alpha value is -2.69. The standard InChI is InChI=1S/C24H32N2O3/c1-17-13-15-26(16-14-17)21-11-9-20(10-12-21)18(2)25-24(27)19(3)29-23-8-6-5-7-22(23)28-4/h5-12,17-19H,13-16H2,1-4H3,(H,25,27)/t18-,19-/m0/s1. The molecule has 0 spiro atoms. The van der Waals surface area contributed by atoms with Gasteiger partial charge in [-0.15, -0.1) is 0 Å². The van der Waals surface area contributed by atoms with E-state index in [-0.39, 0.29) is 11.9 Å². The van der Waals surface area contributed by atoms with Gasteiger partial charge in [-0.05, 0) is 62.4 Å². The predicted molar refractivity (Wildman–Crippen MR) is 117 cm³/mol. The third-order valence-electron chi connectivity index (χ3n) is 5.64. The van der Waals surface area contributed by atoms with Gasteiger partial charge in [-0.2, -0.15) is 0 Å². The molecule has 2 aromatic rings. The van der Waals surface area contributed by atoms with Gasteiger partial charge in [0.25, 0.3) is 5.91 Å². The van der Waals surface area contributed by atoms with E-state index in [2.05, 4.69) is 41.4 Å². The zero-order chi connectivity index (χ0) is 20.8. The van der Waals surface area contributed by atoms with E-state index in [1.807, 2.05) is 25.1 Å². The average molecular weight is 397 g/mol. The van der Waals surface area contributed by atoms with Crippen molar-refractivity contribution in [2.24, 2.45) is 5.92 Å². The highest BCUT2D eigenvalue weighted by molar-refractivity contribution is 5.81. The van der Waals surface area contributed by atoms with Crippen molar-refractivity contribution < 1.29 is 14.3 Å². The van der Waals surface area contributed by atoms with E-state index in [4.69, 9.17) is 9.47 Å². The molecule has 0 unspecified atom stereocenters. The number of nitrogens with one attached hydrogen (secondary N) is 1. The zero-order valence-electron chi connectivity index (χ0n) is 17.9. The van der Waals surface area contributed by atoms with Crippen LogP contribution in [0.1, 0.15) is 45.2 Å². The second kappa shape index (κ2) is 9.68. The van der Waals surface area contributed by atoms with Crippen LogP contribution in [0.2, 0.25) is 0 Å². The van der Waals surface area contributed by atoms with Crippen LogP contribution in [-0.2, 0) is 4.79 Å². The molecule has 2 atom stereocenters. The molecule has 1 heterocycles. The van der Waals surface area contributed by atoms with Crippen LogP contribution in [0.15, 0.2) is 48.5 Å². The summed E-state index contributed by atoms with van der Waals surface area (Å²) >= 11 is 0. The molecule has 3 rings (SSSR count). The summed E-state index contributed by atoms with van der Waals surface area (Å²) in [6.45, 7) is 8.29. The van der Waals surface area contributed by atoms with E-state index < -0.39 is 6.10 Å². The summed E-state index contributed by atoms with van der Waals surface area (Å²) in [4.78, 5) is 15.0. The molecular formula is C24H32N2O3. The van der Waals surface area contributed by atoms with Crippen LogP contribution in [0, 0.1) is 5.92 Å². The number of anilines is 1. The number of carbonyl (C=O) groups excluding carboxylic acids is 1. The van der Waals surface area contributed by atoms with Crippen molar-refractivity contribution in [3.05, 3.63) is 54.1 Å². The fourth-order valence-electron chi connectivity index (χ4n) is 3.61. The molecule has 1 aliphatic rings. The van der Waals surface area contributed by atoms with E-state index in [1.165, 1.54) is 18.5 Å². The Labute approximate surface area is 174 Å². The summed E-state index contributed by atoms with van der Waals surface area (Å²) in [5, 5.41) is 3.04. The second-order valence-electron chi connectivity index (χ2n) is 7.90. The molecule has 0 aliphatic carbocycles. The Kier molecular flexibility index (Phi) is 7.02. The minimum absolute atomic E-state index is 0.0957. The van der Waals surface area contributed by atoms with Gasteiger partial charge in [0.05, 0.1) is 13.2 Å². The van der Waals surface area contributed by atoms with Crippen molar-refractivity contribution in [2.45, 2.75) is 45.8 Å². The maximum absolute atomic E-state index is 12.6. The number of rotatable bonds is 7. The van der Waals surface area contributed by atoms with E-state index in [1.54, 1.807) is 20.1 Å². The number of methoxy groups -OCH3 is 1. The lowest BCUT2D eigenvalue weighted by atomic mass is 9.98. The molecule has 0 bridgehead atoms. The molecule has 0 aromatic heterocycles. The number of para-hydroxylation sites is 2. The first-order valence-corrected chi connectivity index (χ1v) is 10.4. The molecule has 1 saturated heterocycles. The van der Waals surface area contributed by atoms with Gasteiger partial charge < -0.3 is 19.7 Å². The van der Waals surface area contributed by atoms with Crippen LogP contribution in [0.3, 0.4) is 0 Å². The lowest BCUT2D eigenvalue weighted by Gasteiger charge is -2.32. The Morgan fingerprint density at radius 1 is 1.03 bits per heavy atom. The molecule has 0 radical (unpaired) electrons. The van der Waals surface area contributed by atoms with Gasteiger partial charge in [-0.1, -0.05) is 31.2 Å². The van der Waals surface area contributed by atoms with Gasteiger partial charge in [0, 0.05) is 18.8 Å². The van der Waals surface area contributed by atoms with Gasteiger partial charge in [-0.3, -0.25) is 4.79 Å². The molecule has 1 N–H and O–H groups in total. The van der Waals surface area contributed by atoms with Crippen LogP contribution < -0.4 is 19.7 Å². The topological polar surface area (TPSA) is 50.8 Å². The molecule has 1 aliphatic heterocycles. The van der Waals surface area contributed by atoms with Gasteiger partial charge >= 0.3 is 0 Å². The van der Waals surface area contributed by atoms with Crippen LogP contribution in [0.4, 0.5) is 5.69 Å². The van der Waals surface area contributed by atoms with Gasteiger partial charge in [0.1, 0.15) is 0 Å². The fraction of sp³-hybridized carbons (Fsp3) is 0.458. The van der Waals surface area contributed by atoms with Crippen molar-refractivity contribution >= 4 is 11.6 Å². The van der Waals surface area contributed by atoms with E-state index in [0.29, 0.717) is 11.5 Å². The van der Waals surface area contributed by atoms with Crippen molar-refractivity contribution in [3.63, 3.8) is 0 Å². The number of amides is 1. The first-order chi connectivity index (χ1) is 14.0. The first-order valence-electron chi connectivity index (χ1n) is 10.4. The normalized spacial score (nSPS) is 16.8. The molecule has 5 heteroatoms. The molecular weight excluding hydrogens is 364 g/mol. The largest absolute Gasteiger partial charge is 0.493 e. The van der Waals surface area contributed by atoms with Crippen molar-refractivity contribution in [3.8, 4) is 11.5 Å². The lowest BCUT2D eigenvalue weighted by Crippen LogP contribution is -2.37. The molecule has 2 aromatic carbocycles. The summed E-state index contributed by atoms with van der Waals surface area (Å²) < 4.78 is 11.1. The summed E-state index contributed by atoms with van der Waals surface area (Å²) in [6, 6.07) is 15.8. The highest BCUT2D eigenvalue weighted by Crippen LogP contribution is 2.27. The Bertz CT molecular complexity index is 798. The maximum Gasteiger partial charge on any atom is 0.261 e. The highest BCUT2D eigenvalue weighted by atomic mass is 16.5. The SMILES string of the molecule is COc1ccccc1O[C@@H](C)C(=O)N[C@@H](C)c1ccc(N2CCC(C)CC2)cc1. The number of ether oxygens (including phenoxy) is 2. The van der Waals surface area contributed by atoms with E-state index >= 15 is 0 Å². The first kappa shape index (κ1) is 21.0. The molecule has 5 nitrogen and oxygen atoms in total. The minimum Gasteiger partial charge on any atom is -0.493 e. The van der Waals surface area contributed by atoms with Crippen molar-refractivity contribution in [2.75, 3.05) is 25.1 Å². The van der Waals surface area contributed by atoms with Crippen LogP contribution in [0.25, 0.3) is 0 Å². The summed E-state index contributed by atoms with van der Waals surface area (Å²) in [5.41, 5.74) is 2.34. The van der Waals surface area contributed by atoms with Crippen molar-refractivity contribution in [1.29, 1.82) is 0 Å². The highest BCUT2D eigenvalue weighted by Gasteiger charge is 2.20. The van der Waals surface area contributed by atoms with Gasteiger partial charge in [0.15, 0.2) is 17.6 Å². The number of benzene rings is 2. The second-order valence-corrected chi connectivity index (χ2v) is 7.90. The summed E-state index contributed by atoms with van der Waals surface area (Å²) in [7, 11) is 1.59.